The summed E-state index contributed by atoms with van der Waals surface area (Å²) in [5.74, 6) is 0. The van der Waals surface area contributed by atoms with E-state index in [1.165, 1.54) is 27.6 Å². The number of amidine groups is 1. The molecule has 17 heavy (non-hydrogen) atoms. The lowest BCUT2D eigenvalue weighted by Gasteiger charge is -2.17. The summed E-state index contributed by atoms with van der Waals surface area (Å²) in [4.78, 5) is 15.9. The van der Waals surface area contributed by atoms with Crippen LogP contribution in [0.15, 0.2) is 4.99 Å². The Balaban J connectivity index is 4.35. The van der Waals surface area contributed by atoms with Crippen LogP contribution in [0.2, 0.25) is 0 Å². The number of ether oxygens (including phenoxy) is 1. The van der Waals surface area contributed by atoms with E-state index in [9.17, 15) is 4.79 Å². The van der Waals surface area contributed by atoms with E-state index in [2.05, 4.69) is 10.3 Å². The van der Waals surface area contributed by atoms with Crippen LogP contribution in [0.5, 0.6) is 0 Å². The van der Waals surface area contributed by atoms with Gasteiger partial charge in [0.05, 0.1) is 6.61 Å². The lowest BCUT2D eigenvalue weighted by molar-refractivity contribution is 0.236. The average molecular weight is 279 g/mol. The van der Waals surface area contributed by atoms with E-state index in [1.54, 1.807) is 0 Å². The molecule has 0 fully saturated rings. The monoisotopic (exact) mass is 279 g/mol. The van der Waals surface area contributed by atoms with Crippen molar-refractivity contribution in [3.05, 3.63) is 0 Å². The molecule has 0 aromatic carbocycles. The Kier molecular flexibility index (Phi) is 10.2. The van der Waals surface area contributed by atoms with Crippen molar-refractivity contribution in [1.29, 1.82) is 0 Å². The second-order valence-corrected chi connectivity index (χ2v) is 4.78. The van der Waals surface area contributed by atoms with Crippen LogP contribution < -0.4 is 5.32 Å². The lowest BCUT2D eigenvalue weighted by atomic mass is 10.5. The van der Waals surface area contributed by atoms with Crippen LogP contribution in [0, 0.1) is 0 Å². The molecule has 0 aromatic rings. The molecule has 0 rings (SSSR count). The number of nitrogens with one attached hydrogen (secondary N) is 1. The standard InChI is InChI=1S/C10H21N3O2S2/c1-5-7-11-9(15-8-6-2)12-10(14)13(16-3)17-4/h5-8H2,1-4H3,(H,11,12,14). The van der Waals surface area contributed by atoms with Crippen molar-refractivity contribution >= 4 is 35.9 Å². The van der Waals surface area contributed by atoms with Gasteiger partial charge in [-0.25, -0.2) is 13.5 Å². The molecule has 0 radical (unpaired) electrons. The highest BCUT2D eigenvalue weighted by Gasteiger charge is 2.14. The summed E-state index contributed by atoms with van der Waals surface area (Å²) in [6.07, 6.45) is 5.48. The predicted molar refractivity (Wildman–Crippen MR) is 76.2 cm³/mol. The summed E-state index contributed by atoms with van der Waals surface area (Å²) in [6.45, 7) is 5.24. The fraction of sp³-hybridized carbons (Fsp3) is 0.800. The second kappa shape index (κ2) is 10.6. The zero-order valence-electron chi connectivity index (χ0n) is 10.9. The van der Waals surface area contributed by atoms with Gasteiger partial charge in [-0.15, -0.1) is 0 Å². The van der Waals surface area contributed by atoms with Gasteiger partial charge < -0.3 is 4.74 Å². The Morgan fingerprint density at radius 1 is 1.29 bits per heavy atom. The molecule has 0 spiro atoms. The highest BCUT2D eigenvalue weighted by Crippen LogP contribution is 2.15. The Hall–Kier alpha value is -0.560. The van der Waals surface area contributed by atoms with Crippen molar-refractivity contribution < 1.29 is 9.53 Å². The maximum atomic E-state index is 11.8. The van der Waals surface area contributed by atoms with E-state index in [0.717, 1.165) is 12.8 Å². The highest BCUT2D eigenvalue weighted by molar-refractivity contribution is 8.12. The molecule has 7 heteroatoms. The van der Waals surface area contributed by atoms with Gasteiger partial charge in [-0.3, -0.25) is 5.32 Å². The molecule has 0 aromatic heterocycles. The van der Waals surface area contributed by atoms with Gasteiger partial charge in [-0.05, 0) is 36.7 Å². The molecule has 1 N–H and O–H groups in total. The number of carbonyl (C=O) groups is 1. The summed E-state index contributed by atoms with van der Waals surface area (Å²) < 4.78 is 6.90. The smallest absolute Gasteiger partial charge is 0.345 e. The topological polar surface area (TPSA) is 53.9 Å². The predicted octanol–water partition coefficient (Wildman–Crippen LogP) is 2.75. The van der Waals surface area contributed by atoms with Gasteiger partial charge in [-0.2, -0.15) is 0 Å². The van der Waals surface area contributed by atoms with Gasteiger partial charge in [0.25, 0.3) is 6.02 Å². The molecule has 0 bridgehead atoms. The third-order valence-electron chi connectivity index (χ3n) is 1.63. The Morgan fingerprint density at radius 2 is 1.94 bits per heavy atom. The fourth-order valence-corrected chi connectivity index (χ4v) is 1.93. The van der Waals surface area contributed by atoms with E-state index in [4.69, 9.17) is 4.74 Å². The minimum Gasteiger partial charge on any atom is -0.465 e. The summed E-state index contributed by atoms with van der Waals surface area (Å²) in [6, 6.07) is 0.0859. The van der Waals surface area contributed by atoms with Crippen molar-refractivity contribution in [3.8, 4) is 0 Å². The maximum absolute atomic E-state index is 11.8. The van der Waals surface area contributed by atoms with E-state index in [-0.39, 0.29) is 6.03 Å². The van der Waals surface area contributed by atoms with E-state index >= 15 is 0 Å². The number of urea groups is 1. The molecule has 0 unspecified atom stereocenters. The molecular weight excluding hydrogens is 258 g/mol. The third kappa shape index (κ3) is 7.38. The van der Waals surface area contributed by atoms with E-state index in [1.807, 2.05) is 26.4 Å². The van der Waals surface area contributed by atoms with Gasteiger partial charge >= 0.3 is 6.03 Å². The van der Waals surface area contributed by atoms with Crippen LogP contribution in [0.1, 0.15) is 26.7 Å². The van der Waals surface area contributed by atoms with Crippen molar-refractivity contribution in [2.45, 2.75) is 26.7 Å². The largest absolute Gasteiger partial charge is 0.465 e. The van der Waals surface area contributed by atoms with E-state index in [0.29, 0.717) is 19.2 Å². The van der Waals surface area contributed by atoms with Gasteiger partial charge in [-0.1, -0.05) is 13.8 Å². The first-order valence-electron chi connectivity index (χ1n) is 5.56. The van der Waals surface area contributed by atoms with Crippen LogP contribution in [0.3, 0.4) is 0 Å². The molecule has 100 valence electrons. The van der Waals surface area contributed by atoms with Crippen LogP contribution in [0.25, 0.3) is 0 Å². The number of rotatable bonds is 6. The van der Waals surface area contributed by atoms with Crippen molar-refractivity contribution in [2.75, 3.05) is 25.7 Å². The lowest BCUT2D eigenvalue weighted by Crippen LogP contribution is -2.38. The summed E-state index contributed by atoms with van der Waals surface area (Å²) in [7, 11) is 0. The molecule has 0 saturated carbocycles. The Bertz CT molecular complexity index is 246. The molecule has 0 saturated heterocycles. The zero-order valence-corrected chi connectivity index (χ0v) is 12.5. The fourth-order valence-electron chi connectivity index (χ4n) is 0.911. The molecule has 0 heterocycles. The number of hydrogen-bond donors (Lipinski definition) is 1. The number of carbonyl (C=O) groups excluding carboxylic acids is 1. The van der Waals surface area contributed by atoms with Gasteiger partial charge in [0.1, 0.15) is 0 Å². The Morgan fingerprint density at radius 3 is 2.41 bits per heavy atom. The molecule has 2 amide bonds. The van der Waals surface area contributed by atoms with E-state index < -0.39 is 0 Å². The van der Waals surface area contributed by atoms with Crippen LogP contribution >= 0.6 is 23.9 Å². The van der Waals surface area contributed by atoms with Crippen molar-refractivity contribution in [3.63, 3.8) is 0 Å². The molecule has 0 aliphatic heterocycles. The number of nitrogens with zero attached hydrogens (tertiary/aromatic N) is 2. The van der Waals surface area contributed by atoms with Gasteiger partial charge in [0.15, 0.2) is 0 Å². The molecule has 0 atom stereocenters. The minimum atomic E-state index is -0.226. The molecule has 0 aliphatic rings. The second-order valence-electron chi connectivity index (χ2n) is 3.09. The first-order valence-corrected chi connectivity index (χ1v) is 7.92. The summed E-state index contributed by atoms with van der Waals surface area (Å²) >= 11 is 2.68. The van der Waals surface area contributed by atoms with Crippen molar-refractivity contribution in [2.24, 2.45) is 4.99 Å². The minimum absolute atomic E-state index is 0.226. The van der Waals surface area contributed by atoms with Crippen LogP contribution in [-0.4, -0.2) is 41.4 Å². The van der Waals surface area contributed by atoms with Gasteiger partial charge in [0, 0.05) is 19.1 Å². The molecular formula is C10H21N3O2S2. The highest BCUT2D eigenvalue weighted by atomic mass is 32.2. The normalized spacial score (nSPS) is 11.2. The first-order chi connectivity index (χ1) is 8.19. The maximum Gasteiger partial charge on any atom is 0.345 e. The Labute approximate surface area is 112 Å². The quantitative estimate of drug-likeness (QED) is 0.461. The summed E-state index contributed by atoms with van der Waals surface area (Å²) in [5.41, 5.74) is 0. The first kappa shape index (κ1) is 16.4. The zero-order chi connectivity index (χ0) is 13.1. The molecule has 5 nitrogen and oxygen atoms in total. The summed E-state index contributed by atoms with van der Waals surface area (Å²) in [5, 5.41) is 2.66. The van der Waals surface area contributed by atoms with Crippen molar-refractivity contribution in [1.82, 2.24) is 9.03 Å². The van der Waals surface area contributed by atoms with Crippen LogP contribution in [0.4, 0.5) is 4.79 Å². The third-order valence-corrected chi connectivity index (χ3v) is 3.52. The number of amides is 2. The number of aliphatic imine (C=N–C) groups is 1. The SMILES string of the molecule is CCCN=C(NC(=O)N(SC)SC)OCCC. The average Bonchev–Trinajstić information content (AvgIpc) is 2.34. The molecule has 0 aliphatic carbocycles. The number of hydrogen-bond acceptors (Lipinski definition) is 5. The van der Waals surface area contributed by atoms with Crippen LogP contribution in [-0.2, 0) is 4.74 Å². The van der Waals surface area contributed by atoms with Gasteiger partial charge in [0.2, 0.25) is 0 Å².